The molecule has 122 valence electrons. The Balaban J connectivity index is 1.98. The largest absolute Gasteiger partial charge is 0.496 e. The van der Waals surface area contributed by atoms with E-state index in [4.69, 9.17) is 21.1 Å². The van der Waals surface area contributed by atoms with Crippen LogP contribution < -0.4 is 10.1 Å². The molecule has 0 aliphatic carbocycles. The molecule has 2 aromatic rings. The van der Waals surface area contributed by atoms with Gasteiger partial charge in [-0.05, 0) is 17.7 Å². The Morgan fingerprint density at radius 3 is 2.52 bits per heavy atom. The number of para-hydroxylation sites is 1. The zero-order valence-electron chi connectivity index (χ0n) is 13.2. The van der Waals surface area contributed by atoms with Crippen LogP contribution in [0.25, 0.3) is 0 Å². The Morgan fingerprint density at radius 2 is 1.83 bits per heavy atom. The average molecular weight is 334 g/mol. The van der Waals surface area contributed by atoms with Crippen molar-refractivity contribution in [3.8, 4) is 5.75 Å². The second-order valence-corrected chi connectivity index (χ2v) is 5.45. The molecule has 1 amide bonds. The van der Waals surface area contributed by atoms with Gasteiger partial charge in [0.05, 0.1) is 13.5 Å². The van der Waals surface area contributed by atoms with E-state index < -0.39 is 0 Å². The van der Waals surface area contributed by atoms with Gasteiger partial charge in [-0.15, -0.1) is 0 Å². The van der Waals surface area contributed by atoms with Crippen LogP contribution in [0.5, 0.6) is 5.75 Å². The predicted molar refractivity (Wildman–Crippen MR) is 90.9 cm³/mol. The van der Waals surface area contributed by atoms with Crippen molar-refractivity contribution in [2.75, 3.05) is 20.8 Å². The van der Waals surface area contributed by atoms with E-state index in [1.54, 1.807) is 20.3 Å². The zero-order valence-corrected chi connectivity index (χ0v) is 14.0. The summed E-state index contributed by atoms with van der Waals surface area (Å²) in [6, 6.07) is 14.9. The average Bonchev–Trinajstić information content (AvgIpc) is 2.58. The summed E-state index contributed by atoms with van der Waals surface area (Å²) in [6.45, 7) is 0.361. The second kappa shape index (κ2) is 8.56. The number of amides is 1. The molecule has 5 heteroatoms. The summed E-state index contributed by atoms with van der Waals surface area (Å²) < 4.78 is 10.8. The van der Waals surface area contributed by atoms with E-state index >= 15 is 0 Å². The van der Waals surface area contributed by atoms with Crippen molar-refractivity contribution < 1.29 is 14.3 Å². The van der Waals surface area contributed by atoms with E-state index in [2.05, 4.69) is 5.32 Å². The van der Waals surface area contributed by atoms with Crippen molar-refractivity contribution in [3.63, 3.8) is 0 Å². The molecule has 0 fully saturated rings. The second-order valence-electron chi connectivity index (χ2n) is 5.04. The summed E-state index contributed by atoms with van der Waals surface area (Å²) in [5, 5.41) is 3.47. The van der Waals surface area contributed by atoms with Crippen molar-refractivity contribution in [2.45, 2.75) is 12.5 Å². The van der Waals surface area contributed by atoms with Gasteiger partial charge >= 0.3 is 0 Å². The smallest absolute Gasteiger partial charge is 0.224 e. The number of hydrogen-bond donors (Lipinski definition) is 1. The lowest BCUT2D eigenvalue weighted by atomic mass is 10.1. The molecule has 0 radical (unpaired) electrons. The summed E-state index contributed by atoms with van der Waals surface area (Å²) in [5.74, 6) is 0.634. The number of carbonyl (C=O) groups is 1. The number of rotatable bonds is 7. The Bertz CT molecular complexity index is 660. The number of halogens is 1. The first-order valence-electron chi connectivity index (χ1n) is 7.31. The summed E-state index contributed by atoms with van der Waals surface area (Å²) in [6.07, 6.45) is -0.0384. The minimum absolute atomic E-state index is 0.102. The number of hydrogen-bond acceptors (Lipinski definition) is 3. The van der Waals surface area contributed by atoms with Gasteiger partial charge in [0.1, 0.15) is 11.9 Å². The van der Waals surface area contributed by atoms with E-state index in [1.807, 2.05) is 42.5 Å². The van der Waals surface area contributed by atoms with Gasteiger partial charge in [-0.25, -0.2) is 0 Å². The summed E-state index contributed by atoms with van der Waals surface area (Å²) in [5.41, 5.74) is 1.70. The normalized spacial score (nSPS) is 11.8. The zero-order chi connectivity index (χ0) is 16.7. The molecule has 0 saturated carbocycles. The Labute approximate surface area is 141 Å². The maximum absolute atomic E-state index is 12.1. The highest BCUT2D eigenvalue weighted by molar-refractivity contribution is 6.31. The van der Waals surface area contributed by atoms with Gasteiger partial charge in [-0.3, -0.25) is 4.79 Å². The minimum Gasteiger partial charge on any atom is -0.496 e. The van der Waals surface area contributed by atoms with E-state index in [9.17, 15) is 4.79 Å². The highest BCUT2D eigenvalue weighted by Gasteiger charge is 2.16. The Hall–Kier alpha value is -2.04. The summed E-state index contributed by atoms with van der Waals surface area (Å²) in [4.78, 5) is 12.1. The first kappa shape index (κ1) is 17.3. The van der Waals surface area contributed by atoms with Gasteiger partial charge in [-0.2, -0.15) is 0 Å². The SMILES string of the molecule is COc1ccccc1[C@H](CNC(=O)Cc1ccccc1Cl)OC. The molecule has 1 atom stereocenters. The molecule has 0 aliphatic rings. The molecular weight excluding hydrogens is 314 g/mol. The van der Waals surface area contributed by atoms with Crippen molar-refractivity contribution in [1.82, 2.24) is 5.32 Å². The van der Waals surface area contributed by atoms with Crippen molar-refractivity contribution in [3.05, 3.63) is 64.7 Å². The molecule has 0 aromatic heterocycles. The molecule has 0 heterocycles. The quantitative estimate of drug-likeness (QED) is 0.844. The lowest BCUT2D eigenvalue weighted by Gasteiger charge is -2.19. The molecule has 0 bridgehead atoms. The van der Waals surface area contributed by atoms with Crippen molar-refractivity contribution >= 4 is 17.5 Å². The van der Waals surface area contributed by atoms with Crippen LogP contribution in [0.15, 0.2) is 48.5 Å². The van der Waals surface area contributed by atoms with Crippen LogP contribution in [0.3, 0.4) is 0 Å². The first-order valence-corrected chi connectivity index (χ1v) is 7.69. The molecule has 1 N–H and O–H groups in total. The highest BCUT2D eigenvalue weighted by atomic mass is 35.5. The van der Waals surface area contributed by atoms with Crippen LogP contribution in [0.2, 0.25) is 5.02 Å². The van der Waals surface area contributed by atoms with Gasteiger partial charge in [0.2, 0.25) is 5.91 Å². The topological polar surface area (TPSA) is 47.6 Å². The third-order valence-corrected chi connectivity index (χ3v) is 3.93. The fraction of sp³-hybridized carbons (Fsp3) is 0.278. The highest BCUT2D eigenvalue weighted by Crippen LogP contribution is 2.26. The number of methoxy groups -OCH3 is 2. The van der Waals surface area contributed by atoms with Gasteiger partial charge in [0.25, 0.3) is 0 Å². The fourth-order valence-electron chi connectivity index (χ4n) is 2.34. The molecule has 0 aliphatic heterocycles. The lowest BCUT2D eigenvalue weighted by Crippen LogP contribution is -2.30. The Morgan fingerprint density at radius 1 is 1.13 bits per heavy atom. The summed E-state index contributed by atoms with van der Waals surface area (Å²) >= 11 is 6.07. The third kappa shape index (κ3) is 4.71. The number of ether oxygens (including phenoxy) is 2. The van der Waals surface area contributed by atoms with Crippen LogP contribution in [0.1, 0.15) is 17.2 Å². The standard InChI is InChI=1S/C18H20ClNO3/c1-22-16-10-6-4-8-14(16)17(23-2)12-20-18(21)11-13-7-3-5-9-15(13)19/h3-10,17H,11-12H2,1-2H3,(H,20,21)/t17-/m0/s1. The van der Waals surface area contributed by atoms with Crippen LogP contribution in [0, 0.1) is 0 Å². The van der Waals surface area contributed by atoms with E-state index in [0.29, 0.717) is 11.6 Å². The van der Waals surface area contributed by atoms with Crippen molar-refractivity contribution in [2.24, 2.45) is 0 Å². The van der Waals surface area contributed by atoms with Crippen LogP contribution >= 0.6 is 11.6 Å². The molecule has 2 aromatic carbocycles. The maximum Gasteiger partial charge on any atom is 0.224 e. The molecule has 0 spiro atoms. The maximum atomic E-state index is 12.1. The Kier molecular flexibility index (Phi) is 6.44. The minimum atomic E-state index is -0.277. The van der Waals surface area contributed by atoms with Crippen LogP contribution in [-0.2, 0) is 16.0 Å². The first-order chi connectivity index (χ1) is 11.2. The molecule has 23 heavy (non-hydrogen) atoms. The molecule has 0 unspecified atom stereocenters. The van der Waals surface area contributed by atoms with E-state index in [-0.39, 0.29) is 18.4 Å². The van der Waals surface area contributed by atoms with E-state index in [0.717, 1.165) is 16.9 Å². The predicted octanol–water partition coefficient (Wildman–Crippen LogP) is 3.40. The fourth-order valence-corrected chi connectivity index (χ4v) is 2.54. The lowest BCUT2D eigenvalue weighted by molar-refractivity contribution is -0.121. The molecular formula is C18H20ClNO3. The van der Waals surface area contributed by atoms with Gasteiger partial charge in [-0.1, -0.05) is 48.0 Å². The molecule has 0 saturated heterocycles. The molecule has 4 nitrogen and oxygen atoms in total. The van der Waals surface area contributed by atoms with Gasteiger partial charge < -0.3 is 14.8 Å². The number of carbonyl (C=O) groups excluding carboxylic acids is 1. The van der Waals surface area contributed by atoms with Gasteiger partial charge in [0.15, 0.2) is 0 Å². The van der Waals surface area contributed by atoms with Gasteiger partial charge in [0, 0.05) is 24.2 Å². The van der Waals surface area contributed by atoms with Crippen LogP contribution in [-0.4, -0.2) is 26.7 Å². The molecule has 2 rings (SSSR count). The number of nitrogens with one attached hydrogen (secondary N) is 1. The summed E-state index contributed by atoms with van der Waals surface area (Å²) in [7, 11) is 3.22. The van der Waals surface area contributed by atoms with Crippen molar-refractivity contribution in [1.29, 1.82) is 0 Å². The van der Waals surface area contributed by atoms with E-state index in [1.165, 1.54) is 0 Å². The van der Waals surface area contributed by atoms with Crippen LogP contribution in [0.4, 0.5) is 0 Å². The third-order valence-electron chi connectivity index (χ3n) is 3.56. The monoisotopic (exact) mass is 333 g/mol. The number of benzene rings is 2.